The van der Waals surface area contributed by atoms with E-state index in [9.17, 15) is 0 Å². The molecule has 2 atom stereocenters. The van der Waals surface area contributed by atoms with Gasteiger partial charge in [-0.25, -0.2) is 4.98 Å². The largest absolute Gasteiger partial charge is 0.437 e. The molecule has 0 bridgehead atoms. The van der Waals surface area contributed by atoms with Gasteiger partial charge in [-0.1, -0.05) is 100 Å². The van der Waals surface area contributed by atoms with Crippen LogP contribution in [0.2, 0.25) is 0 Å². The summed E-state index contributed by atoms with van der Waals surface area (Å²) in [6.45, 7) is 21.2. The third-order valence-corrected chi connectivity index (χ3v) is 13.5. The Morgan fingerprint density at radius 2 is 1.41 bits per heavy atom. The lowest BCUT2D eigenvalue weighted by molar-refractivity contribution is -0.720. The first-order valence-electron chi connectivity index (χ1n) is 21.5. The molecule has 0 saturated carbocycles. The van der Waals surface area contributed by atoms with Crippen molar-refractivity contribution >= 4 is 27.8 Å². The predicted molar refractivity (Wildman–Crippen MR) is 242 cm³/mol. The van der Waals surface area contributed by atoms with Gasteiger partial charge in [0.15, 0.2) is 29.7 Å². The number of furan rings is 1. The lowest BCUT2D eigenvalue weighted by Crippen LogP contribution is -2.50. The Hall–Kier alpha value is -6.13. The Balaban J connectivity index is 1.20. The van der Waals surface area contributed by atoms with Crippen molar-refractivity contribution in [1.82, 2.24) is 4.98 Å². The number of benzene rings is 4. The SMILES string of the molecule is C=C1C2c3ccccc3-c3cccc[n+]3C2CCc2ccc3c(oc4nc(-c5c(C)cc(-c6ccccc6)cc5C)ccc43)c2-c2cc(C)c(C(C(C)C)C(C)C)c[n+]21. The number of hydrogen-bond donors (Lipinski definition) is 0. The quantitative estimate of drug-likeness (QED) is 0.163. The lowest BCUT2D eigenvalue weighted by atomic mass is 9.78. The number of aryl methyl sites for hydroxylation is 4. The maximum Gasteiger partial charge on any atom is 0.227 e. The summed E-state index contributed by atoms with van der Waals surface area (Å²) in [5.41, 5.74) is 19.7. The van der Waals surface area contributed by atoms with Crippen LogP contribution in [0.15, 0.2) is 139 Å². The van der Waals surface area contributed by atoms with Gasteiger partial charge >= 0.3 is 0 Å². The molecular weight excluding hydrogens is 719 g/mol. The smallest absolute Gasteiger partial charge is 0.227 e. The van der Waals surface area contributed by atoms with Gasteiger partial charge in [-0.2, -0.15) is 9.13 Å². The van der Waals surface area contributed by atoms with Gasteiger partial charge in [-0.05, 0) is 115 Å². The number of allylic oxidation sites excluding steroid dienone is 1. The molecule has 292 valence electrons. The number of aromatic nitrogens is 3. The molecule has 4 aromatic carbocycles. The van der Waals surface area contributed by atoms with Gasteiger partial charge in [0, 0.05) is 46.5 Å². The van der Waals surface area contributed by atoms with Crippen LogP contribution in [0.4, 0.5) is 0 Å². The molecule has 0 aliphatic carbocycles. The summed E-state index contributed by atoms with van der Waals surface area (Å²) in [5, 5.41) is 2.13. The third-order valence-electron chi connectivity index (χ3n) is 13.5. The first-order valence-corrected chi connectivity index (χ1v) is 21.5. The normalized spacial score (nSPS) is 16.1. The molecular formula is C55H53N3O+2. The third kappa shape index (κ3) is 5.98. The second-order valence-corrected chi connectivity index (χ2v) is 17.8. The van der Waals surface area contributed by atoms with E-state index in [1.54, 1.807) is 0 Å². The summed E-state index contributed by atoms with van der Waals surface area (Å²) in [7, 11) is 0. The minimum absolute atomic E-state index is 0.0754. The van der Waals surface area contributed by atoms with E-state index in [0.29, 0.717) is 23.5 Å². The Labute approximate surface area is 348 Å². The molecule has 2 aliphatic rings. The molecule has 6 heterocycles. The number of fused-ring (bicyclic) bond motifs is 13. The van der Waals surface area contributed by atoms with Crippen LogP contribution in [0.1, 0.15) is 85.4 Å². The van der Waals surface area contributed by atoms with E-state index >= 15 is 0 Å². The van der Waals surface area contributed by atoms with Crippen LogP contribution < -0.4 is 9.13 Å². The number of hydrogen-bond acceptors (Lipinski definition) is 2. The first-order chi connectivity index (χ1) is 28.6. The van der Waals surface area contributed by atoms with Crippen LogP contribution in [-0.4, -0.2) is 4.98 Å². The van der Waals surface area contributed by atoms with Crippen LogP contribution >= 0.6 is 0 Å². The molecule has 0 saturated heterocycles. The van der Waals surface area contributed by atoms with Crippen molar-refractivity contribution in [3.05, 3.63) is 168 Å². The maximum atomic E-state index is 7.08. The fourth-order valence-electron chi connectivity index (χ4n) is 11.0. The highest BCUT2D eigenvalue weighted by Gasteiger charge is 2.46. The van der Waals surface area contributed by atoms with E-state index in [-0.39, 0.29) is 12.0 Å². The van der Waals surface area contributed by atoms with Crippen molar-refractivity contribution in [2.75, 3.05) is 0 Å². The Morgan fingerprint density at radius 3 is 2.17 bits per heavy atom. The fourth-order valence-corrected chi connectivity index (χ4v) is 11.0. The van der Waals surface area contributed by atoms with Crippen molar-refractivity contribution < 1.29 is 13.6 Å². The van der Waals surface area contributed by atoms with Crippen molar-refractivity contribution in [2.45, 2.75) is 79.2 Å². The highest BCUT2D eigenvalue weighted by atomic mass is 16.3. The second kappa shape index (κ2) is 14.3. The Morgan fingerprint density at radius 1 is 0.695 bits per heavy atom. The van der Waals surface area contributed by atoms with E-state index in [1.165, 1.54) is 55.8 Å². The molecule has 0 N–H and O–H groups in total. The van der Waals surface area contributed by atoms with Crippen molar-refractivity contribution in [3.63, 3.8) is 0 Å². The Bertz CT molecular complexity index is 2940. The molecule has 2 aliphatic heterocycles. The molecule has 10 rings (SSSR count). The molecule has 4 aromatic heterocycles. The maximum absolute atomic E-state index is 7.08. The zero-order valence-corrected chi connectivity index (χ0v) is 35.4. The minimum Gasteiger partial charge on any atom is -0.437 e. The van der Waals surface area contributed by atoms with Gasteiger partial charge in [0.25, 0.3) is 0 Å². The summed E-state index contributed by atoms with van der Waals surface area (Å²) in [6, 6.07) is 42.4. The number of nitrogens with zero attached hydrogens (tertiary/aromatic N) is 3. The molecule has 0 amide bonds. The highest BCUT2D eigenvalue weighted by molar-refractivity contribution is 6.09. The monoisotopic (exact) mass is 771 g/mol. The molecule has 8 aromatic rings. The molecule has 0 spiro atoms. The van der Waals surface area contributed by atoms with Crippen molar-refractivity contribution in [2.24, 2.45) is 11.8 Å². The van der Waals surface area contributed by atoms with Crippen molar-refractivity contribution in [3.8, 4) is 44.9 Å². The molecule has 2 unspecified atom stereocenters. The van der Waals surface area contributed by atoms with Gasteiger partial charge in [0.1, 0.15) is 5.92 Å². The van der Waals surface area contributed by atoms with Crippen LogP contribution in [-0.2, 0) is 6.42 Å². The topological polar surface area (TPSA) is 33.8 Å². The first kappa shape index (κ1) is 37.2. The lowest BCUT2D eigenvalue weighted by Gasteiger charge is -2.30. The summed E-state index contributed by atoms with van der Waals surface area (Å²) in [5.74, 6) is 1.44. The van der Waals surface area contributed by atoms with E-state index in [1.807, 2.05) is 0 Å². The van der Waals surface area contributed by atoms with Gasteiger partial charge < -0.3 is 4.42 Å². The highest BCUT2D eigenvalue weighted by Crippen LogP contribution is 2.47. The zero-order chi connectivity index (χ0) is 40.7. The Kier molecular flexibility index (Phi) is 9.01. The molecule has 59 heavy (non-hydrogen) atoms. The van der Waals surface area contributed by atoms with Crippen LogP contribution in [0.25, 0.3) is 72.7 Å². The van der Waals surface area contributed by atoms with Gasteiger partial charge in [-0.15, -0.1) is 0 Å². The number of pyridine rings is 3. The van der Waals surface area contributed by atoms with E-state index in [4.69, 9.17) is 16.0 Å². The second-order valence-electron chi connectivity index (χ2n) is 17.8. The molecule has 4 nitrogen and oxygen atoms in total. The number of rotatable bonds is 5. The fraction of sp³-hybridized carbons (Fsp3) is 0.255. The molecule has 0 radical (unpaired) electrons. The molecule has 4 heteroatoms. The van der Waals surface area contributed by atoms with Gasteiger partial charge in [0.05, 0.1) is 16.8 Å². The predicted octanol–water partition coefficient (Wildman–Crippen LogP) is 13.3. The minimum atomic E-state index is 0.0754. The van der Waals surface area contributed by atoms with Gasteiger partial charge in [0.2, 0.25) is 17.1 Å². The summed E-state index contributed by atoms with van der Waals surface area (Å²) < 4.78 is 12.1. The van der Waals surface area contributed by atoms with Gasteiger partial charge in [-0.3, -0.25) is 0 Å². The van der Waals surface area contributed by atoms with E-state index in [2.05, 4.69) is 185 Å². The van der Waals surface area contributed by atoms with Crippen molar-refractivity contribution in [1.29, 1.82) is 0 Å². The molecule has 0 fully saturated rings. The zero-order valence-electron chi connectivity index (χ0n) is 35.4. The summed E-state index contributed by atoms with van der Waals surface area (Å²) >= 11 is 0. The van der Waals surface area contributed by atoms with Crippen LogP contribution in [0, 0.1) is 32.6 Å². The van der Waals surface area contributed by atoms with E-state index in [0.717, 1.165) is 57.4 Å². The van der Waals surface area contributed by atoms with E-state index < -0.39 is 0 Å². The summed E-state index contributed by atoms with van der Waals surface area (Å²) in [4.78, 5) is 5.30. The summed E-state index contributed by atoms with van der Waals surface area (Å²) in [6.07, 6.45) is 6.57. The van der Waals surface area contributed by atoms with Crippen LogP contribution in [0.3, 0.4) is 0 Å². The standard InChI is InChI=1S/C55H53N3O/c1-32(2)50(33(3)4)45-31-58-37(8)52-42-19-13-12-18-41(42)47-20-14-15-27-57(47)48(52)26-22-39-21-23-43-44-24-25-46(56-55(44)59-54(43)53(39)49(58)30-34(45)5)51-35(6)28-40(29-36(51)7)38-16-10-9-11-17-38/h9-21,23-25,27-33,48,50,52H,8,22,26H2,1-7H3/q+2. The average Bonchev–Trinajstić information content (AvgIpc) is 3.62. The average molecular weight is 772 g/mol. The van der Waals surface area contributed by atoms with Crippen LogP contribution in [0.5, 0.6) is 0 Å².